The molecule has 3 aromatic rings. The molecule has 0 saturated heterocycles. The number of carbonyl (C=O) groups excluding carboxylic acids is 2. The molecule has 0 bridgehead atoms. The summed E-state index contributed by atoms with van der Waals surface area (Å²) in [6, 6.07) is 17.4. The van der Waals surface area contributed by atoms with Gasteiger partial charge in [0.15, 0.2) is 0 Å². The van der Waals surface area contributed by atoms with Crippen molar-refractivity contribution in [3.8, 4) is 5.75 Å². The number of benzene rings is 2. The SMILES string of the molecule is CC(C)CCOc1ccc(C(=O)Nc2cccc(C(=O)NCc3ccco3)c2)cc1. The number of amides is 2. The van der Waals surface area contributed by atoms with Gasteiger partial charge in [-0.25, -0.2) is 0 Å². The minimum Gasteiger partial charge on any atom is -0.494 e. The van der Waals surface area contributed by atoms with Crippen molar-refractivity contribution in [3.63, 3.8) is 0 Å². The molecule has 0 atom stereocenters. The number of carbonyl (C=O) groups is 2. The highest BCUT2D eigenvalue weighted by atomic mass is 16.5. The number of ether oxygens (including phenoxy) is 1. The van der Waals surface area contributed by atoms with Gasteiger partial charge in [-0.1, -0.05) is 19.9 Å². The van der Waals surface area contributed by atoms with Crippen molar-refractivity contribution in [2.45, 2.75) is 26.8 Å². The van der Waals surface area contributed by atoms with Crippen molar-refractivity contribution in [1.82, 2.24) is 5.32 Å². The summed E-state index contributed by atoms with van der Waals surface area (Å²) in [6.45, 7) is 5.25. The van der Waals surface area contributed by atoms with Gasteiger partial charge in [0.2, 0.25) is 0 Å². The van der Waals surface area contributed by atoms with Crippen LogP contribution in [-0.2, 0) is 6.54 Å². The molecule has 0 fully saturated rings. The lowest BCUT2D eigenvalue weighted by molar-refractivity contribution is 0.0946. The van der Waals surface area contributed by atoms with E-state index < -0.39 is 0 Å². The molecule has 0 spiro atoms. The Morgan fingerprint density at radius 2 is 1.77 bits per heavy atom. The van der Waals surface area contributed by atoms with Crippen molar-refractivity contribution in [2.75, 3.05) is 11.9 Å². The zero-order valence-electron chi connectivity index (χ0n) is 17.2. The van der Waals surface area contributed by atoms with E-state index in [-0.39, 0.29) is 11.8 Å². The molecule has 2 amide bonds. The first kappa shape index (κ1) is 21.2. The number of hydrogen-bond donors (Lipinski definition) is 2. The third kappa shape index (κ3) is 6.24. The van der Waals surface area contributed by atoms with Crippen LogP contribution in [0.25, 0.3) is 0 Å². The summed E-state index contributed by atoms with van der Waals surface area (Å²) >= 11 is 0. The van der Waals surface area contributed by atoms with Crippen LogP contribution in [0.4, 0.5) is 5.69 Å². The molecule has 3 rings (SSSR count). The fourth-order valence-corrected chi connectivity index (χ4v) is 2.74. The van der Waals surface area contributed by atoms with Gasteiger partial charge < -0.3 is 19.8 Å². The summed E-state index contributed by atoms with van der Waals surface area (Å²) in [6.07, 6.45) is 2.54. The Morgan fingerprint density at radius 1 is 0.967 bits per heavy atom. The van der Waals surface area contributed by atoms with E-state index in [0.29, 0.717) is 41.6 Å². The first-order chi connectivity index (χ1) is 14.5. The third-order valence-electron chi connectivity index (χ3n) is 4.47. The van der Waals surface area contributed by atoms with Crippen molar-refractivity contribution in [1.29, 1.82) is 0 Å². The van der Waals surface area contributed by atoms with Gasteiger partial charge in [0, 0.05) is 16.8 Å². The number of furan rings is 1. The topological polar surface area (TPSA) is 80.6 Å². The lowest BCUT2D eigenvalue weighted by atomic mass is 10.1. The van der Waals surface area contributed by atoms with Gasteiger partial charge in [-0.3, -0.25) is 9.59 Å². The van der Waals surface area contributed by atoms with Crippen molar-refractivity contribution >= 4 is 17.5 Å². The van der Waals surface area contributed by atoms with E-state index in [9.17, 15) is 9.59 Å². The number of nitrogens with one attached hydrogen (secondary N) is 2. The average Bonchev–Trinajstić information content (AvgIpc) is 3.26. The molecular weight excluding hydrogens is 380 g/mol. The second-order valence-corrected chi connectivity index (χ2v) is 7.35. The highest BCUT2D eigenvalue weighted by Gasteiger charge is 2.10. The van der Waals surface area contributed by atoms with Crippen LogP contribution in [0.2, 0.25) is 0 Å². The predicted octanol–water partition coefficient (Wildman–Crippen LogP) is 4.89. The molecule has 6 heteroatoms. The van der Waals surface area contributed by atoms with Gasteiger partial charge in [0.25, 0.3) is 11.8 Å². The number of rotatable bonds is 9. The van der Waals surface area contributed by atoms with Gasteiger partial charge in [-0.15, -0.1) is 0 Å². The maximum Gasteiger partial charge on any atom is 0.255 e. The third-order valence-corrected chi connectivity index (χ3v) is 4.47. The van der Waals surface area contributed by atoms with E-state index in [1.165, 1.54) is 0 Å². The van der Waals surface area contributed by atoms with Crippen LogP contribution < -0.4 is 15.4 Å². The summed E-state index contributed by atoms with van der Waals surface area (Å²) in [4.78, 5) is 24.9. The average molecular weight is 406 g/mol. The second-order valence-electron chi connectivity index (χ2n) is 7.35. The van der Waals surface area contributed by atoms with Gasteiger partial charge in [0.05, 0.1) is 19.4 Å². The predicted molar refractivity (Wildman–Crippen MR) is 116 cm³/mol. The van der Waals surface area contributed by atoms with Crippen LogP contribution in [0, 0.1) is 5.92 Å². The molecule has 0 aliphatic rings. The zero-order valence-corrected chi connectivity index (χ0v) is 17.2. The largest absolute Gasteiger partial charge is 0.494 e. The van der Waals surface area contributed by atoms with Crippen LogP contribution in [0.1, 0.15) is 46.7 Å². The molecular formula is C24H26N2O4. The minimum atomic E-state index is -0.253. The Morgan fingerprint density at radius 3 is 2.47 bits per heavy atom. The highest BCUT2D eigenvalue weighted by molar-refractivity contribution is 6.05. The molecule has 156 valence electrons. The van der Waals surface area contributed by atoms with Crippen LogP contribution >= 0.6 is 0 Å². The fraction of sp³-hybridized carbons (Fsp3) is 0.250. The van der Waals surface area contributed by atoms with Crippen molar-refractivity contribution < 1.29 is 18.7 Å². The quantitative estimate of drug-likeness (QED) is 0.530. The number of hydrogen-bond acceptors (Lipinski definition) is 4. The summed E-state index contributed by atoms with van der Waals surface area (Å²) in [7, 11) is 0. The molecule has 2 aromatic carbocycles. The van der Waals surface area contributed by atoms with Crippen LogP contribution in [0.15, 0.2) is 71.3 Å². The van der Waals surface area contributed by atoms with Gasteiger partial charge >= 0.3 is 0 Å². The monoisotopic (exact) mass is 406 g/mol. The van der Waals surface area contributed by atoms with Gasteiger partial charge in [-0.05, 0) is 66.9 Å². The van der Waals surface area contributed by atoms with Crippen LogP contribution in [-0.4, -0.2) is 18.4 Å². The Balaban J connectivity index is 1.56. The van der Waals surface area contributed by atoms with E-state index in [2.05, 4.69) is 24.5 Å². The molecule has 6 nitrogen and oxygen atoms in total. The second kappa shape index (κ2) is 10.3. The van der Waals surface area contributed by atoms with E-state index in [1.807, 2.05) is 0 Å². The maximum atomic E-state index is 12.5. The molecule has 0 radical (unpaired) electrons. The van der Waals surface area contributed by atoms with E-state index in [1.54, 1.807) is 66.9 Å². The van der Waals surface area contributed by atoms with E-state index in [0.717, 1.165) is 12.2 Å². The molecule has 0 saturated carbocycles. The van der Waals surface area contributed by atoms with Crippen molar-refractivity contribution in [3.05, 3.63) is 83.8 Å². The van der Waals surface area contributed by atoms with Gasteiger partial charge in [0.1, 0.15) is 11.5 Å². The highest BCUT2D eigenvalue weighted by Crippen LogP contribution is 2.16. The summed E-state index contributed by atoms with van der Waals surface area (Å²) in [5.74, 6) is 1.49. The molecule has 0 aliphatic heterocycles. The first-order valence-corrected chi connectivity index (χ1v) is 9.96. The summed E-state index contributed by atoms with van der Waals surface area (Å²) < 4.78 is 10.9. The van der Waals surface area contributed by atoms with Crippen molar-refractivity contribution in [2.24, 2.45) is 5.92 Å². The smallest absolute Gasteiger partial charge is 0.255 e. The minimum absolute atomic E-state index is 0.245. The standard InChI is InChI=1S/C24H26N2O4/c1-17(2)12-14-30-21-10-8-18(9-11-21)24(28)26-20-6-3-5-19(15-20)23(27)25-16-22-7-4-13-29-22/h3-11,13,15,17H,12,14,16H2,1-2H3,(H,25,27)(H,26,28). The van der Waals surface area contributed by atoms with E-state index in [4.69, 9.17) is 9.15 Å². The molecule has 0 aliphatic carbocycles. The molecule has 1 aromatic heterocycles. The van der Waals surface area contributed by atoms with E-state index >= 15 is 0 Å². The molecule has 1 heterocycles. The normalized spacial score (nSPS) is 10.6. The Hall–Kier alpha value is -3.54. The number of anilines is 1. The molecule has 30 heavy (non-hydrogen) atoms. The summed E-state index contributed by atoms with van der Waals surface area (Å²) in [5, 5.41) is 5.61. The molecule has 0 unspecified atom stereocenters. The maximum absolute atomic E-state index is 12.5. The Bertz CT molecular complexity index is 963. The lowest BCUT2D eigenvalue weighted by Gasteiger charge is -2.10. The first-order valence-electron chi connectivity index (χ1n) is 9.96. The zero-order chi connectivity index (χ0) is 21.3. The van der Waals surface area contributed by atoms with Crippen LogP contribution in [0.3, 0.4) is 0 Å². The Kier molecular flexibility index (Phi) is 7.27. The molecule has 2 N–H and O–H groups in total. The van der Waals surface area contributed by atoms with Crippen LogP contribution in [0.5, 0.6) is 5.75 Å². The Labute approximate surface area is 176 Å². The summed E-state index contributed by atoms with van der Waals surface area (Å²) in [5.41, 5.74) is 1.51. The van der Waals surface area contributed by atoms with Gasteiger partial charge in [-0.2, -0.15) is 0 Å². The fourth-order valence-electron chi connectivity index (χ4n) is 2.74. The lowest BCUT2D eigenvalue weighted by Crippen LogP contribution is -2.22.